The molecular formula is C25H38N6O4. The molecular weight excluding hydrogens is 448 g/mol. The lowest BCUT2D eigenvalue weighted by Crippen LogP contribution is -2.52. The van der Waals surface area contributed by atoms with E-state index in [2.05, 4.69) is 29.3 Å². The van der Waals surface area contributed by atoms with Gasteiger partial charge in [-0.3, -0.25) is 14.3 Å². The van der Waals surface area contributed by atoms with E-state index in [1.54, 1.807) is 7.11 Å². The molecule has 3 heterocycles. The van der Waals surface area contributed by atoms with E-state index in [4.69, 9.17) is 14.2 Å². The summed E-state index contributed by atoms with van der Waals surface area (Å²) in [5, 5.41) is 7.28. The van der Waals surface area contributed by atoms with Gasteiger partial charge in [-0.25, -0.2) is 9.78 Å². The Bertz CT molecular complexity index is 1150. The normalized spacial score (nSPS) is 18.1. The van der Waals surface area contributed by atoms with Gasteiger partial charge in [-0.2, -0.15) is 0 Å². The standard InChI is InChI=1S/C24H34N6O4.CH4/c1-16(2)15-30(18-12-17(13-25-14-18)21-27-24(32)34-28-21)23(31)22-26-19-8-4-5-9-20(19)29(22)10-6-7-11-33-3;/h4-5,8-9,16-18,25H,6-7,10-15H2,1-3H3,(H,27,28,32);1H4/t17-,18+;/m1./s1. The summed E-state index contributed by atoms with van der Waals surface area (Å²) in [5.74, 6) is 0.601. The number of piperidine rings is 1. The topological polar surface area (TPSA) is 118 Å². The molecule has 1 amide bonds. The fourth-order valence-electron chi connectivity index (χ4n) is 4.68. The van der Waals surface area contributed by atoms with Gasteiger partial charge in [-0.15, -0.1) is 0 Å². The van der Waals surface area contributed by atoms with Gasteiger partial charge in [0.2, 0.25) is 0 Å². The molecule has 0 bridgehead atoms. The number of nitrogens with one attached hydrogen (secondary N) is 2. The molecule has 4 rings (SSSR count). The van der Waals surface area contributed by atoms with Gasteiger partial charge in [0.05, 0.1) is 11.0 Å². The summed E-state index contributed by atoms with van der Waals surface area (Å²) < 4.78 is 11.9. The number of nitrogens with zero attached hydrogens (tertiary/aromatic N) is 4. The summed E-state index contributed by atoms with van der Waals surface area (Å²) in [6.45, 7) is 7.56. The van der Waals surface area contributed by atoms with E-state index in [0.717, 1.165) is 23.9 Å². The zero-order valence-electron chi connectivity index (χ0n) is 20.1. The van der Waals surface area contributed by atoms with Crippen LogP contribution in [-0.2, 0) is 11.3 Å². The van der Waals surface area contributed by atoms with E-state index in [1.807, 2.05) is 33.7 Å². The monoisotopic (exact) mass is 486 g/mol. The number of fused-ring (bicyclic) bond motifs is 1. The number of unbranched alkanes of at least 4 members (excludes halogenated alkanes) is 1. The predicted octanol–water partition coefficient (Wildman–Crippen LogP) is 3.02. The predicted molar refractivity (Wildman–Crippen MR) is 135 cm³/mol. The zero-order chi connectivity index (χ0) is 24.1. The molecule has 1 aromatic carbocycles. The summed E-state index contributed by atoms with van der Waals surface area (Å²) in [6, 6.07) is 7.82. The van der Waals surface area contributed by atoms with Crippen molar-refractivity contribution in [3.8, 4) is 0 Å². The number of carbonyl (C=O) groups is 1. The van der Waals surface area contributed by atoms with Crippen molar-refractivity contribution in [2.75, 3.05) is 33.4 Å². The Morgan fingerprint density at radius 1 is 1.29 bits per heavy atom. The molecule has 2 atom stereocenters. The second-order valence-corrected chi connectivity index (χ2v) is 9.35. The molecule has 0 saturated carbocycles. The van der Waals surface area contributed by atoms with E-state index in [0.29, 0.717) is 50.9 Å². The Morgan fingerprint density at radius 3 is 2.80 bits per heavy atom. The van der Waals surface area contributed by atoms with Crippen LogP contribution in [0.1, 0.15) is 62.9 Å². The first kappa shape index (κ1) is 26.6. The van der Waals surface area contributed by atoms with Crippen molar-refractivity contribution < 1.29 is 14.1 Å². The number of rotatable bonds is 10. The minimum atomic E-state index is -0.561. The Hall–Kier alpha value is -2.98. The minimum Gasteiger partial charge on any atom is -0.385 e. The molecule has 1 aliphatic heterocycles. The van der Waals surface area contributed by atoms with Gasteiger partial charge in [0, 0.05) is 51.9 Å². The third-order valence-electron chi connectivity index (χ3n) is 6.26. The van der Waals surface area contributed by atoms with Gasteiger partial charge in [0.25, 0.3) is 5.91 Å². The number of carbonyl (C=O) groups excluding carboxylic acids is 1. The quantitative estimate of drug-likeness (QED) is 0.423. The molecule has 0 spiro atoms. The number of aromatic nitrogens is 4. The summed E-state index contributed by atoms with van der Waals surface area (Å²) in [5.41, 5.74) is 1.79. The van der Waals surface area contributed by atoms with Crippen molar-refractivity contribution in [2.45, 2.75) is 59.0 Å². The SMILES string of the molecule is C.COCCCCn1c(C(=O)N(CC(C)C)[C@@H]2CNC[C@H](c3noc(=O)[nH]3)C2)nc2ccccc21. The van der Waals surface area contributed by atoms with Gasteiger partial charge < -0.3 is 19.5 Å². The molecule has 35 heavy (non-hydrogen) atoms. The highest BCUT2D eigenvalue weighted by molar-refractivity contribution is 5.95. The van der Waals surface area contributed by atoms with Crippen LogP contribution in [0.25, 0.3) is 11.0 Å². The average Bonchev–Trinajstić information content (AvgIpc) is 3.43. The van der Waals surface area contributed by atoms with E-state index >= 15 is 0 Å². The first-order valence-electron chi connectivity index (χ1n) is 12.0. The number of H-pyrrole nitrogens is 1. The first-order valence-corrected chi connectivity index (χ1v) is 12.0. The number of para-hydroxylation sites is 2. The highest BCUT2D eigenvalue weighted by Crippen LogP contribution is 2.26. The Morgan fingerprint density at radius 2 is 2.09 bits per heavy atom. The zero-order valence-corrected chi connectivity index (χ0v) is 20.1. The molecule has 1 saturated heterocycles. The Balaban J connectivity index is 0.00000342. The second kappa shape index (κ2) is 12.1. The molecule has 0 unspecified atom stereocenters. The number of aryl methyl sites for hydroxylation is 1. The van der Waals surface area contributed by atoms with Crippen LogP contribution < -0.4 is 11.1 Å². The van der Waals surface area contributed by atoms with Crippen LogP contribution >= 0.6 is 0 Å². The maximum Gasteiger partial charge on any atom is 0.438 e. The molecule has 1 aliphatic rings. The lowest BCUT2D eigenvalue weighted by atomic mass is 9.93. The number of hydrogen-bond acceptors (Lipinski definition) is 7. The van der Waals surface area contributed by atoms with Crippen LogP contribution in [0.3, 0.4) is 0 Å². The van der Waals surface area contributed by atoms with Crippen LogP contribution in [0, 0.1) is 5.92 Å². The van der Waals surface area contributed by atoms with Crippen molar-refractivity contribution in [3.63, 3.8) is 0 Å². The van der Waals surface area contributed by atoms with Gasteiger partial charge in [-0.05, 0) is 37.3 Å². The Labute approximate surface area is 206 Å². The fourth-order valence-corrected chi connectivity index (χ4v) is 4.68. The minimum absolute atomic E-state index is 0. The highest BCUT2D eigenvalue weighted by atomic mass is 16.5. The number of benzene rings is 1. The van der Waals surface area contributed by atoms with E-state index in [-0.39, 0.29) is 31.2 Å². The Kier molecular flexibility index (Phi) is 9.22. The van der Waals surface area contributed by atoms with Crippen LogP contribution in [0.2, 0.25) is 0 Å². The third-order valence-corrected chi connectivity index (χ3v) is 6.26. The number of ether oxygens (including phenoxy) is 1. The molecule has 0 radical (unpaired) electrons. The number of hydrogen-bond donors (Lipinski definition) is 2. The maximum atomic E-state index is 14.0. The molecule has 192 valence electrons. The summed E-state index contributed by atoms with van der Waals surface area (Å²) in [7, 11) is 1.70. The summed E-state index contributed by atoms with van der Waals surface area (Å²) in [6.07, 6.45) is 2.49. The van der Waals surface area contributed by atoms with E-state index in [1.165, 1.54) is 0 Å². The number of aromatic amines is 1. The molecule has 1 fully saturated rings. The van der Waals surface area contributed by atoms with Crippen molar-refractivity contribution in [2.24, 2.45) is 5.92 Å². The number of amides is 1. The summed E-state index contributed by atoms with van der Waals surface area (Å²) in [4.78, 5) is 34.8. The van der Waals surface area contributed by atoms with Gasteiger partial charge in [0.1, 0.15) is 0 Å². The lowest BCUT2D eigenvalue weighted by molar-refractivity contribution is 0.0590. The van der Waals surface area contributed by atoms with E-state index < -0.39 is 5.76 Å². The molecule has 0 aliphatic carbocycles. The third kappa shape index (κ3) is 6.18. The molecule has 2 aromatic heterocycles. The van der Waals surface area contributed by atoms with Crippen molar-refractivity contribution in [1.82, 2.24) is 29.9 Å². The van der Waals surface area contributed by atoms with Crippen LogP contribution in [0.4, 0.5) is 0 Å². The smallest absolute Gasteiger partial charge is 0.385 e. The molecule has 10 nitrogen and oxygen atoms in total. The largest absolute Gasteiger partial charge is 0.438 e. The lowest BCUT2D eigenvalue weighted by Gasteiger charge is -2.38. The fraction of sp³-hybridized carbons (Fsp3) is 0.600. The van der Waals surface area contributed by atoms with Crippen molar-refractivity contribution in [3.05, 3.63) is 46.5 Å². The van der Waals surface area contributed by atoms with Crippen LogP contribution in [0.15, 0.2) is 33.6 Å². The van der Waals surface area contributed by atoms with Gasteiger partial charge in [-0.1, -0.05) is 38.6 Å². The van der Waals surface area contributed by atoms with Crippen molar-refractivity contribution >= 4 is 16.9 Å². The van der Waals surface area contributed by atoms with Gasteiger partial charge in [0.15, 0.2) is 11.6 Å². The molecule has 3 aromatic rings. The number of imidazole rings is 1. The molecule has 2 N–H and O–H groups in total. The van der Waals surface area contributed by atoms with Gasteiger partial charge >= 0.3 is 5.76 Å². The number of methoxy groups -OCH3 is 1. The first-order chi connectivity index (χ1) is 16.5. The average molecular weight is 487 g/mol. The highest BCUT2D eigenvalue weighted by Gasteiger charge is 2.34. The summed E-state index contributed by atoms with van der Waals surface area (Å²) >= 11 is 0. The van der Waals surface area contributed by atoms with Crippen LogP contribution in [-0.4, -0.2) is 69.9 Å². The van der Waals surface area contributed by atoms with E-state index in [9.17, 15) is 9.59 Å². The maximum absolute atomic E-state index is 14.0. The molecule has 10 heteroatoms. The van der Waals surface area contributed by atoms with Crippen molar-refractivity contribution in [1.29, 1.82) is 0 Å². The second-order valence-electron chi connectivity index (χ2n) is 9.35. The van der Waals surface area contributed by atoms with Crippen LogP contribution in [0.5, 0.6) is 0 Å².